The van der Waals surface area contributed by atoms with Gasteiger partial charge in [0.1, 0.15) is 6.04 Å². The second kappa shape index (κ2) is 8.92. The minimum atomic E-state index is -0.952. The lowest BCUT2D eigenvalue weighted by molar-refractivity contribution is -0.143. The van der Waals surface area contributed by atoms with E-state index in [0.29, 0.717) is 0 Å². The number of esters is 1. The Morgan fingerprint density at radius 3 is 2.63 bits per heavy atom. The minimum Gasteiger partial charge on any atom is -0.469 e. The van der Waals surface area contributed by atoms with Gasteiger partial charge in [0.2, 0.25) is 11.8 Å². The van der Waals surface area contributed by atoms with Crippen LogP contribution in [0.5, 0.6) is 0 Å². The molecule has 0 aromatic heterocycles. The highest BCUT2D eigenvalue weighted by Gasteiger charge is 2.25. The number of methoxy groups -OCH3 is 1. The van der Waals surface area contributed by atoms with Crippen molar-refractivity contribution in [3.8, 4) is 0 Å². The average molecular weight is 274 g/mol. The van der Waals surface area contributed by atoms with Crippen LogP contribution in [0, 0.1) is 0 Å². The van der Waals surface area contributed by atoms with Gasteiger partial charge in [0.05, 0.1) is 19.6 Å². The van der Waals surface area contributed by atoms with E-state index in [1.54, 1.807) is 5.73 Å². The highest BCUT2D eigenvalue weighted by molar-refractivity contribution is 5.91. The number of likely N-dealkylation sites (N-methyl/N-ethyl adjacent to an activating group) is 1. The molecule has 0 aliphatic rings. The number of hydrogen-bond donors (Lipinski definition) is 4. The first kappa shape index (κ1) is 15.0. The number of nitrogens with two attached hydrogens (primary N) is 1. The maximum Gasteiger partial charge on any atom is 0.307 e. The summed E-state index contributed by atoms with van der Waals surface area (Å²) in [5, 5.41) is 7.76. The van der Waals surface area contributed by atoms with E-state index in [9.17, 15) is 14.4 Å². The quantitative estimate of drug-likeness (QED) is 0.355. The summed E-state index contributed by atoms with van der Waals surface area (Å²) in [6.45, 7) is 3.50. The first-order chi connectivity index (χ1) is 9.49. The number of primary amides is 1. The van der Waals surface area contributed by atoms with E-state index in [2.05, 4.69) is 27.3 Å². The fraction of sp³-hybridized carbons (Fsp3) is 0.545. The van der Waals surface area contributed by atoms with Crippen LogP contribution in [0.4, 0.5) is 0 Å². The number of carbonyl (C=O) groups excluding carboxylic acids is 3. The van der Waals surface area contributed by atoms with E-state index in [0.717, 1.165) is 0 Å². The number of ether oxygens (including phenoxy) is 1. The second-order valence-electron chi connectivity index (χ2n) is 3.66. The van der Waals surface area contributed by atoms with Gasteiger partial charge in [-0.15, -0.1) is 0 Å². The van der Waals surface area contributed by atoms with Crippen molar-refractivity contribution in [2.45, 2.75) is 18.5 Å². The van der Waals surface area contributed by atoms with Crippen LogP contribution in [-0.2, 0) is 19.1 Å². The number of nitrogens with one attached hydrogen (secondary N) is 3. The predicted molar refractivity (Wildman–Crippen MR) is 68.8 cm³/mol. The molecule has 0 saturated heterocycles. The van der Waals surface area contributed by atoms with Gasteiger partial charge in [-0.2, -0.15) is 0 Å². The Bertz CT molecular complexity index is 364. The normalized spacial score (nSPS) is 13.5. The molecule has 0 aromatic rings. The molecule has 8 heteroatoms. The fourth-order valence-electron chi connectivity index (χ4n) is 1.26. The van der Waals surface area contributed by atoms with Crippen LogP contribution in [0.25, 0.3) is 0 Å². The van der Waals surface area contributed by atoms with Crippen molar-refractivity contribution in [1.82, 2.24) is 16.0 Å². The van der Waals surface area contributed by atoms with Crippen molar-refractivity contribution in [2.24, 2.45) is 5.73 Å². The summed E-state index contributed by atoms with van der Waals surface area (Å²) in [7, 11) is 2.73. The molecule has 5 N–H and O–H groups in total. The first-order valence-corrected chi connectivity index (χ1v) is 5.60. The van der Waals surface area contributed by atoms with E-state index in [-0.39, 0.29) is 13.0 Å². The van der Waals surface area contributed by atoms with Gasteiger partial charge in [-0.3, -0.25) is 14.4 Å². The molecule has 2 atom stereocenters. The molecular weight excluding hydrogens is 252 g/mol. The number of amides is 2. The monoisotopic (exact) mass is 274 g/mol. The van der Waals surface area contributed by atoms with Crippen molar-refractivity contribution in [1.29, 1.82) is 0 Å². The van der Waals surface area contributed by atoms with Crippen LogP contribution in [0.2, 0.25) is 1.41 Å². The van der Waals surface area contributed by atoms with E-state index in [4.69, 9.17) is 1.41 Å². The maximum atomic E-state index is 11.9. The van der Waals surface area contributed by atoms with Gasteiger partial charge in [-0.05, 0) is 13.2 Å². The molecule has 19 heavy (non-hydrogen) atoms. The summed E-state index contributed by atoms with van der Waals surface area (Å²) >= 11 is 0. The molecule has 0 aliphatic heterocycles. The molecule has 0 unspecified atom stereocenters. The molecule has 0 aliphatic carbocycles. The van der Waals surface area contributed by atoms with Crippen LogP contribution in [0.3, 0.4) is 0 Å². The topological polar surface area (TPSA) is 123 Å². The summed E-state index contributed by atoms with van der Waals surface area (Å²) < 4.78 is 11.3. The Morgan fingerprint density at radius 1 is 1.47 bits per heavy atom. The van der Waals surface area contributed by atoms with Crippen LogP contribution >= 0.6 is 0 Å². The van der Waals surface area contributed by atoms with Crippen molar-refractivity contribution >= 4 is 17.8 Å². The third-order valence-electron chi connectivity index (χ3n) is 2.36. The summed E-state index contributed by atoms with van der Waals surface area (Å²) in [6.07, 6.45) is 1.20. The fourth-order valence-corrected chi connectivity index (χ4v) is 1.26. The Kier molecular flexibility index (Phi) is 7.03. The molecule has 0 spiro atoms. The zero-order valence-corrected chi connectivity index (χ0v) is 11.0. The van der Waals surface area contributed by atoms with Crippen LogP contribution in [0.1, 0.15) is 6.42 Å². The molecule has 0 saturated carbocycles. The molecule has 108 valence electrons. The highest BCUT2D eigenvalue weighted by Crippen LogP contribution is 1.95. The van der Waals surface area contributed by atoms with Gasteiger partial charge >= 0.3 is 5.97 Å². The molecule has 0 rings (SSSR count). The number of hydrogen-bond acceptors (Lipinski definition) is 6. The lowest BCUT2D eigenvalue weighted by Gasteiger charge is -2.20. The van der Waals surface area contributed by atoms with Crippen molar-refractivity contribution < 1.29 is 20.5 Å². The van der Waals surface area contributed by atoms with Crippen molar-refractivity contribution in [3.63, 3.8) is 0 Å². The lowest BCUT2D eigenvalue weighted by atomic mass is 10.1. The van der Waals surface area contributed by atoms with Gasteiger partial charge in [0.25, 0.3) is 0 Å². The number of rotatable bonds is 9. The second-order valence-corrected chi connectivity index (χ2v) is 3.66. The third kappa shape index (κ3) is 6.41. The Hall–Kier alpha value is -2.09. The Balaban J connectivity index is 4.65. The summed E-state index contributed by atoms with van der Waals surface area (Å²) in [6, 6.07) is -1.78. The first-order valence-electron chi connectivity index (χ1n) is 6.10. The summed E-state index contributed by atoms with van der Waals surface area (Å²) in [4.78, 5) is 34.5. The van der Waals surface area contributed by atoms with Gasteiger partial charge in [-0.25, -0.2) is 0 Å². The van der Waals surface area contributed by atoms with Crippen molar-refractivity contribution in [2.75, 3.05) is 20.7 Å². The summed E-state index contributed by atoms with van der Waals surface area (Å²) in [5.41, 5.74) is 1.70. The Morgan fingerprint density at radius 2 is 2.16 bits per heavy atom. The average Bonchev–Trinajstić information content (AvgIpc) is 2.47. The van der Waals surface area contributed by atoms with Gasteiger partial charge in [0, 0.05) is 6.54 Å². The van der Waals surface area contributed by atoms with Gasteiger partial charge in [-0.1, -0.05) is 6.58 Å². The van der Waals surface area contributed by atoms with Crippen molar-refractivity contribution in [3.05, 3.63) is 12.8 Å². The zero-order chi connectivity index (χ0) is 15.5. The summed E-state index contributed by atoms with van der Waals surface area (Å²) in [5.74, 6) is -1.77. The molecule has 0 bridgehead atoms. The van der Waals surface area contributed by atoms with E-state index >= 15 is 0 Å². The van der Waals surface area contributed by atoms with Gasteiger partial charge < -0.3 is 26.4 Å². The zero-order valence-electron chi connectivity index (χ0n) is 12.0. The number of carbonyl (C=O) groups is 3. The molecule has 8 nitrogen and oxygen atoms in total. The molecule has 2 amide bonds. The highest BCUT2D eigenvalue weighted by atomic mass is 16.5. The van der Waals surface area contributed by atoms with E-state index < -0.39 is 29.9 Å². The Labute approximate surface area is 113 Å². The maximum absolute atomic E-state index is 11.9. The van der Waals surface area contributed by atoms with Crippen LogP contribution in [-0.4, -0.2) is 50.6 Å². The van der Waals surface area contributed by atoms with Crippen LogP contribution < -0.4 is 21.7 Å². The SMILES string of the molecule is [3H]NC(=O)[C@H](CNC=C)NC(=O)[C@H](CC(=O)OC)NC. The molecule has 0 radical (unpaired) electrons. The van der Waals surface area contributed by atoms with E-state index in [1.807, 2.05) is 0 Å². The molecule has 0 fully saturated rings. The predicted octanol–water partition coefficient (Wildman–Crippen LogP) is -2.16. The van der Waals surface area contributed by atoms with E-state index in [1.165, 1.54) is 20.4 Å². The smallest absolute Gasteiger partial charge is 0.307 e. The molecule has 0 heterocycles. The minimum absolute atomic E-state index is 0.0780. The largest absolute Gasteiger partial charge is 0.469 e. The molecular formula is C11H20N4O4. The molecule has 0 aromatic carbocycles. The van der Waals surface area contributed by atoms with Crippen LogP contribution in [0.15, 0.2) is 12.8 Å². The standard InChI is InChI=1S/C11H20N4O4/c1-4-14-6-8(10(12)17)15-11(18)7(13-2)5-9(16)19-3/h4,7-8,13-14H,1,5-6H2,2-3H3,(H2,12,17)(H,15,18)/t7-,8-/m0/s1/i/hT. The van der Waals surface area contributed by atoms with Gasteiger partial charge in [0.15, 0.2) is 1.41 Å². The lowest BCUT2D eigenvalue weighted by Crippen LogP contribution is -2.54. The third-order valence-corrected chi connectivity index (χ3v) is 2.36.